The number of hydrogen-bond donors (Lipinski definition) is 1. The molecule has 0 radical (unpaired) electrons. The molecule has 0 atom stereocenters. The van der Waals surface area contributed by atoms with E-state index in [0.29, 0.717) is 0 Å². The van der Waals surface area contributed by atoms with E-state index in [0.717, 1.165) is 38.4 Å². The third-order valence-corrected chi connectivity index (χ3v) is 4.63. The van der Waals surface area contributed by atoms with Gasteiger partial charge in [0.25, 0.3) is 0 Å². The summed E-state index contributed by atoms with van der Waals surface area (Å²) in [6.45, 7) is 5.21. The first-order valence-corrected chi connectivity index (χ1v) is 8.31. The van der Waals surface area contributed by atoms with Gasteiger partial charge in [-0.15, -0.1) is 0 Å². The van der Waals surface area contributed by atoms with Gasteiger partial charge in [0.15, 0.2) is 0 Å². The molecule has 118 valence electrons. The standard InChI is InChI=1S/C19H22N4/c1-2-5-17-15-22(11-8-16(17)4-1)12-9-20-14-18-6-3-7-19-21-10-13-23(18)19/h1-7,10,13,20H,8-9,11-12,14-15H2. The molecule has 1 N–H and O–H groups in total. The molecule has 1 aromatic carbocycles. The topological polar surface area (TPSA) is 32.6 Å². The largest absolute Gasteiger partial charge is 0.310 e. The van der Waals surface area contributed by atoms with Crippen LogP contribution in [0.3, 0.4) is 0 Å². The van der Waals surface area contributed by atoms with E-state index in [-0.39, 0.29) is 0 Å². The van der Waals surface area contributed by atoms with Gasteiger partial charge in [0.05, 0.1) is 0 Å². The third-order valence-electron chi connectivity index (χ3n) is 4.63. The van der Waals surface area contributed by atoms with E-state index < -0.39 is 0 Å². The minimum absolute atomic E-state index is 0.873. The Bertz CT molecular complexity index is 793. The van der Waals surface area contributed by atoms with Crippen molar-refractivity contribution in [3.63, 3.8) is 0 Å². The van der Waals surface area contributed by atoms with Gasteiger partial charge in [0, 0.05) is 50.8 Å². The summed E-state index contributed by atoms with van der Waals surface area (Å²) in [5, 5.41) is 3.56. The number of nitrogens with zero attached hydrogens (tertiary/aromatic N) is 3. The second kappa shape index (κ2) is 6.52. The van der Waals surface area contributed by atoms with Crippen molar-refractivity contribution in [3.05, 3.63) is 71.7 Å². The second-order valence-corrected chi connectivity index (χ2v) is 6.14. The van der Waals surface area contributed by atoms with Crippen molar-refractivity contribution in [2.45, 2.75) is 19.5 Å². The Hall–Kier alpha value is -2.17. The van der Waals surface area contributed by atoms with E-state index in [2.05, 4.69) is 56.0 Å². The molecule has 0 unspecified atom stereocenters. The number of nitrogens with one attached hydrogen (secondary N) is 1. The molecule has 0 spiro atoms. The Morgan fingerprint density at radius 3 is 2.91 bits per heavy atom. The molecule has 2 aromatic heterocycles. The maximum atomic E-state index is 4.33. The fourth-order valence-corrected chi connectivity index (χ4v) is 3.35. The average Bonchev–Trinajstić information content (AvgIpc) is 3.08. The van der Waals surface area contributed by atoms with Gasteiger partial charge in [-0.25, -0.2) is 4.98 Å². The van der Waals surface area contributed by atoms with Crippen LogP contribution >= 0.6 is 0 Å². The molecule has 0 saturated heterocycles. The van der Waals surface area contributed by atoms with Crippen LogP contribution < -0.4 is 5.32 Å². The predicted octanol–water partition coefficient (Wildman–Crippen LogP) is 2.48. The van der Waals surface area contributed by atoms with Crippen LogP contribution in [0.4, 0.5) is 0 Å². The van der Waals surface area contributed by atoms with Gasteiger partial charge in [-0.05, 0) is 29.7 Å². The van der Waals surface area contributed by atoms with Gasteiger partial charge in [-0.2, -0.15) is 0 Å². The lowest BCUT2D eigenvalue weighted by Crippen LogP contribution is -2.36. The van der Waals surface area contributed by atoms with E-state index in [9.17, 15) is 0 Å². The molecule has 1 aliphatic rings. The van der Waals surface area contributed by atoms with Gasteiger partial charge in [-0.1, -0.05) is 30.3 Å². The Kier molecular flexibility index (Phi) is 4.09. The lowest BCUT2D eigenvalue weighted by molar-refractivity contribution is 0.253. The summed E-state index contributed by atoms with van der Waals surface area (Å²) >= 11 is 0. The Labute approximate surface area is 136 Å². The summed E-state index contributed by atoms with van der Waals surface area (Å²) in [5.41, 5.74) is 5.27. The van der Waals surface area contributed by atoms with Gasteiger partial charge in [-0.3, -0.25) is 4.90 Å². The summed E-state index contributed by atoms with van der Waals surface area (Å²) in [6, 6.07) is 15.1. The molecule has 0 bridgehead atoms. The maximum Gasteiger partial charge on any atom is 0.136 e. The number of aromatic nitrogens is 2. The number of hydrogen-bond acceptors (Lipinski definition) is 3. The predicted molar refractivity (Wildman–Crippen MR) is 92.3 cm³/mol. The highest BCUT2D eigenvalue weighted by atomic mass is 15.1. The summed E-state index contributed by atoms with van der Waals surface area (Å²) < 4.78 is 2.14. The molecule has 4 nitrogen and oxygen atoms in total. The number of rotatable bonds is 5. The third kappa shape index (κ3) is 3.14. The van der Waals surface area contributed by atoms with Crippen LogP contribution in [0.1, 0.15) is 16.8 Å². The van der Waals surface area contributed by atoms with Crippen LogP contribution in [0.15, 0.2) is 54.9 Å². The van der Waals surface area contributed by atoms with E-state index in [1.54, 1.807) is 0 Å². The average molecular weight is 306 g/mol. The normalized spacial score (nSPS) is 15.0. The van der Waals surface area contributed by atoms with E-state index >= 15 is 0 Å². The molecule has 0 amide bonds. The van der Waals surface area contributed by atoms with Crippen LogP contribution in [0.5, 0.6) is 0 Å². The van der Waals surface area contributed by atoms with Gasteiger partial charge < -0.3 is 9.72 Å². The van der Waals surface area contributed by atoms with Crippen LogP contribution in [-0.4, -0.2) is 33.9 Å². The quantitative estimate of drug-likeness (QED) is 0.735. The molecule has 23 heavy (non-hydrogen) atoms. The minimum atomic E-state index is 0.873. The number of imidazole rings is 1. The van der Waals surface area contributed by atoms with Crippen molar-refractivity contribution in [2.24, 2.45) is 0 Å². The highest BCUT2D eigenvalue weighted by Crippen LogP contribution is 2.17. The highest BCUT2D eigenvalue weighted by Gasteiger charge is 2.14. The zero-order valence-corrected chi connectivity index (χ0v) is 13.3. The van der Waals surface area contributed by atoms with Crippen molar-refractivity contribution in [2.75, 3.05) is 19.6 Å². The molecule has 4 rings (SSSR count). The van der Waals surface area contributed by atoms with Crippen molar-refractivity contribution < 1.29 is 0 Å². The Balaban J connectivity index is 1.29. The second-order valence-electron chi connectivity index (χ2n) is 6.14. The van der Waals surface area contributed by atoms with Crippen LogP contribution in [0.25, 0.3) is 5.65 Å². The van der Waals surface area contributed by atoms with E-state index in [1.807, 2.05) is 18.5 Å². The first kappa shape index (κ1) is 14.4. The summed E-state index contributed by atoms with van der Waals surface area (Å²) in [5.74, 6) is 0. The molecule has 3 aromatic rings. The summed E-state index contributed by atoms with van der Waals surface area (Å²) in [6.07, 6.45) is 5.04. The molecular weight excluding hydrogens is 284 g/mol. The summed E-state index contributed by atoms with van der Waals surface area (Å²) in [4.78, 5) is 6.86. The molecule has 4 heteroatoms. The molecular formula is C19H22N4. The number of benzene rings is 1. The van der Waals surface area contributed by atoms with E-state index in [4.69, 9.17) is 0 Å². The van der Waals surface area contributed by atoms with Crippen LogP contribution in [-0.2, 0) is 19.5 Å². The lowest BCUT2D eigenvalue weighted by Gasteiger charge is -2.28. The lowest BCUT2D eigenvalue weighted by atomic mass is 10.00. The van der Waals surface area contributed by atoms with Crippen LogP contribution in [0, 0.1) is 0 Å². The SMILES string of the molecule is c1ccc2c(c1)CCN(CCNCc1cccc3nccn13)C2. The first-order valence-electron chi connectivity index (χ1n) is 8.31. The zero-order chi connectivity index (χ0) is 15.5. The molecule has 0 saturated carbocycles. The van der Waals surface area contributed by atoms with Crippen LogP contribution in [0.2, 0.25) is 0 Å². The van der Waals surface area contributed by atoms with Crippen molar-refractivity contribution >= 4 is 5.65 Å². The zero-order valence-electron chi connectivity index (χ0n) is 13.3. The molecule has 0 fully saturated rings. The highest BCUT2D eigenvalue weighted by molar-refractivity contribution is 5.39. The number of pyridine rings is 1. The minimum Gasteiger partial charge on any atom is -0.310 e. The molecule has 3 heterocycles. The fourth-order valence-electron chi connectivity index (χ4n) is 3.35. The monoisotopic (exact) mass is 306 g/mol. The van der Waals surface area contributed by atoms with Gasteiger partial charge in [0.1, 0.15) is 5.65 Å². The molecule has 1 aliphatic heterocycles. The molecule has 0 aliphatic carbocycles. The smallest absolute Gasteiger partial charge is 0.136 e. The summed E-state index contributed by atoms with van der Waals surface area (Å²) in [7, 11) is 0. The first-order chi connectivity index (χ1) is 11.4. The fraction of sp³-hybridized carbons (Fsp3) is 0.316. The van der Waals surface area contributed by atoms with Crippen molar-refractivity contribution in [3.8, 4) is 0 Å². The van der Waals surface area contributed by atoms with Crippen molar-refractivity contribution in [1.82, 2.24) is 19.6 Å². The maximum absolute atomic E-state index is 4.33. The van der Waals surface area contributed by atoms with Crippen molar-refractivity contribution in [1.29, 1.82) is 0 Å². The van der Waals surface area contributed by atoms with Gasteiger partial charge >= 0.3 is 0 Å². The van der Waals surface area contributed by atoms with E-state index in [1.165, 1.54) is 23.2 Å². The Morgan fingerprint density at radius 1 is 1.04 bits per heavy atom. The van der Waals surface area contributed by atoms with Gasteiger partial charge in [0.2, 0.25) is 0 Å². The Morgan fingerprint density at radius 2 is 1.96 bits per heavy atom. The number of fused-ring (bicyclic) bond motifs is 2.